The van der Waals surface area contributed by atoms with Crippen LogP contribution in [0.5, 0.6) is 11.5 Å². The number of benzene rings is 1. The maximum absolute atomic E-state index is 9.17. The molecule has 2 aromatic rings. The lowest BCUT2D eigenvalue weighted by atomic mass is 10.1. The Morgan fingerprint density at radius 3 is 2.62 bits per heavy atom. The van der Waals surface area contributed by atoms with Crippen LogP contribution in [0.2, 0.25) is 0 Å². The lowest BCUT2D eigenvalue weighted by Crippen LogP contribution is -2.29. The van der Waals surface area contributed by atoms with Gasteiger partial charge < -0.3 is 20.3 Å². The van der Waals surface area contributed by atoms with E-state index in [1.165, 1.54) is 0 Å². The maximum Gasteiger partial charge on any atom is 0.162 e. The number of aliphatic hydroxyl groups excluding tert-OH is 1. The van der Waals surface area contributed by atoms with E-state index in [9.17, 15) is 5.11 Å². The van der Waals surface area contributed by atoms with Gasteiger partial charge in [-0.25, -0.2) is 0 Å². The summed E-state index contributed by atoms with van der Waals surface area (Å²) in [5.41, 5.74) is 7.54. The van der Waals surface area contributed by atoms with Crippen LogP contribution in [0.3, 0.4) is 0 Å². The van der Waals surface area contributed by atoms with Crippen LogP contribution in [0.1, 0.15) is 24.3 Å². The smallest absolute Gasteiger partial charge is 0.162 e. The average molecular weight is 288 g/mol. The minimum atomic E-state index is -0.375. The van der Waals surface area contributed by atoms with Crippen molar-refractivity contribution in [2.75, 3.05) is 7.11 Å². The van der Waals surface area contributed by atoms with Gasteiger partial charge in [-0.3, -0.25) is 4.98 Å². The second-order valence-electron chi connectivity index (χ2n) is 4.80. The second kappa shape index (κ2) is 7.06. The fourth-order valence-corrected chi connectivity index (χ4v) is 2.03. The quantitative estimate of drug-likeness (QED) is 0.850. The highest BCUT2D eigenvalue weighted by molar-refractivity contribution is 5.43. The molecule has 1 aromatic carbocycles. The van der Waals surface area contributed by atoms with E-state index in [2.05, 4.69) is 4.98 Å². The van der Waals surface area contributed by atoms with Gasteiger partial charge in [0, 0.05) is 12.2 Å². The van der Waals surface area contributed by atoms with Crippen molar-refractivity contribution in [2.45, 2.75) is 25.7 Å². The van der Waals surface area contributed by atoms with Crippen molar-refractivity contribution in [3.8, 4) is 11.5 Å². The summed E-state index contributed by atoms with van der Waals surface area (Å²) in [4.78, 5) is 4.30. The van der Waals surface area contributed by atoms with Crippen LogP contribution in [0.25, 0.3) is 0 Å². The van der Waals surface area contributed by atoms with Crippen LogP contribution >= 0.6 is 0 Å². The number of aliphatic hydroxyl groups is 1. The topological polar surface area (TPSA) is 77.6 Å². The van der Waals surface area contributed by atoms with Crippen LogP contribution in [-0.4, -0.2) is 23.2 Å². The molecule has 0 spiro atoms. The second-order valence-corrected chi connectivity index (χ2v) is 4.80. The van der Waals surface area contributed by atoms with Crippen LogP contribution in [0, 0.1) is 0 Å². The molecule has 0 aliphatic carbocycles. The molecule has 2 unspecified atom stereocenters. The molecule has 5 heteroatoms. The van der Waals surface area contributed by atoms with Crippen LogP contribution in [0.15, 0.2) is 42.6 Å². The van der Waals surface area contributed by atoms with E-state index in [0.717, 1.165) is 11.3 Å². The Hall–Kier alpha value is -2.11. The van der Waals surface area contributed by atoms with E-state index in [4.69, 9.17) is 15.2 Å². The summed E-state index contributed by atoms with van der Waals surface area (Å²) in [6.07, 6.45) is 1.33. The van der Waals surface area contributed by atoms with E-state index >= 15 is 0 Å². The number of methoxy groups -OCH3 is 1. The van der Waals surface area contributed by atoms with Gasteiger partial charge in [-0.15, -0.1) is 0 Å². The lowest BCUT2D eigenvalue weighted by Gasteiger charge is -2.23. The monoisotopic (exact) mass is 288 g/mol. The zero-order valence-corrected chi connectivity index (χ0v) is 12.2. The Bertz CT molecular complexity index is 573. The molecular formula is C16H20N2O3. The van der Waals surface area contributed by atoms with Crippen LogP contribution in [0.4, 0.5) is 0 Å². The Morgan fingerprint density at radius 2 is 2.05 bits per heavy atom. The van der Waals surface area contributed by atoms with Gasteiger partial charge in [-0.2, -0.15) is 0 Å². The van der Waals surface area contributed by atoms with Crippen molar-refractivity contribution >= 4 is 0 Å². The van der Waals surface area contributed by atoms with Crippen molar-refractivity contribution in [3.63, 3.8) is 0 Å². The zero-order chi connectivity index (χ0) is 15.2. The summed E-state index contributed by atoms with van der Waals surface area (Å²) in [6, 6.07) is 10.7. The number of aromatic nitrogens is 1. The number of rotatable bonds is 6. The maximum atomic E-state index is 9.17. The molecule has 0 radical (unpaired) electrons. The van der Waals surface area contributed by atoms with Gasteiger partial charge in [0.05, 0.1) is 19.4 Å². The van der Waals surface area contributed by atoms with E-state index in [-0.39, 0.29) is 18.8 Å². The summed E-state index contributed by atoms with van der Waals surface area (Å²) in [5.74, 6) is 1.13. The van der Waals surface area contributed by atoms with Gasteiger partial charge in [0.1, 0.15) is 0 Å². The van der Waals surface area contributed by atoms with Crippen molar-refractivity contribution in [2.24, 2.45) is 5.73 Å². The minimum absolute atomic E-state index is 0.0480. The van der Waals surface area contributed by atoms with Gasteiger partial charge >= 0.3 is 0 Å². The average Bonchev–Trinajstić information content (AvgIpc) is 2.53. The highest BCUT2D eigenvalue weighted by Gasteiger charge is 2.21. The molecule has 0 aliphatic rings. The van der Waals surface area contributed by atoms with Crippen molar-refractivity contribution < 1.29 is 14.6 Å². The molecule has 1 heterocycles. The molecule has 21 heavy (non-hydrogen) atoms. The molecule has 3 N–H and O–H groups in total. The molecule has 0 bridgehead atoms. The number of pyridine rings is 1. The third kappa shape index (κ3) is 3.71. The molecule has 0 amide bonds. The first-order valence-electron chi connectivity index (χ1n) is 6.76. The molecule has 1 aromatic heterocycles. The Morgan fingerprint density at radius 1 is 1.24 bits per heavy atom. The zero-order valence-electron chi connectivity index (χ0n) is 12.2. The Balaban J connectivity index is 2.29. The first-order chi connectivity index (χ1) is 10.2. The highest BCUT2D eigenvalue weighted by Crippen LogP contribution is 2.32. The van der Waals surface area contributed by atoms with Gasteiger partial charge in [0.15, 0.2) is 17.6 Å². The molecule has 112 valence electrons. The van der Waals surface area contributed by atoms with E-state index < -0.39 is 0 Å². The summed E-state index contributed by atoms with van der Waals surface area (Å²) in [5, 5.41) is 9.17. The highest BCUT2D eigenvalue weighted by atomic mass is 16.5. The van der Waals surface area contributed by atoms with Crippen LogP contribution in [-0.2, 0) is 6.61 Å². The number of nitrogens with zero attached hydrogens (tertiary/aromatic N) is 1. The van der Waals surface area contributed by atoms with Crippen molar-refractivity contribution in [1.29, 1.82) is 0 Å². The molecule has 5 nitrogen and oxygen atoms in total. The summed E-state index contributed by atoms with van der Waals surface area (Å²) >= 11 is 0. The fourth-order valence-electron chi connectivity index (χ4n) is 2.03. The lowest BCUT2D eigenvalue weighted by molar-refractivity contribution is 0.168. The van der Waals surface area contributed by atoms with E-state index in [1.807, 2.05) is 25.1 Å². The molecule has 2 atom stereocenters. The standard InChI is InChI=1S/C16H20N2O3/c1-11(17)16(13-5-3-4-8-18-13)21-14-7-6-12(10-19)9-15(14)20-2/h3-9,11,16,19H,10,17H2,1-2H3. The fraction of sp³-hybridized carbons (Fsp3) is 0.312. The first kappa shape index (κ1) is 15.3. The molecule has 0 saturated carbocycles. The van der Waals surface area contributed by atoms with Crippen molar-refractivity contribution in [3.05, 3.63) is 53.9 Å². The summed E-state index contributed by atoms with van der Waals surface area (Å²) < 4.78 is 11.3. The summed E-state index contributed by atoms with van der Waals surface area (Å²) in [7, 11) is 1.56. The van der Waals surface area contributed by atoms with Crippen LogP contribution < -0.4 is 15.2 Å². The first-order valence-corrected chi connectivity index (χ1v) is 6.76. The minimum Gasteiger partial charge on any atom is -0.493 e. The number of hydrogen-bond donors (Lipinski definition) is 2. The van der Waals surface area contributed by atoms with Gasteiger partial charge in [0.2, 0.25) is 0 Å². The number of hydrogen-bond acceptors (Lipinski definition) is 5. The number of ether oxygens (including phenoxy) is 2. The third-order valence-electron chi connectivity index (χ3n) is 3.12. The Labute approximate surface area is 124 Å². The molecular weight excluding hydrogens is 268 g/mol. The SMILES string of the molecule is COc1cc(CO)ccc1OC(c1ccccn1)C(C)N. The molecule has 0 saturated heterocycles. The normalized spacial score (nSPS) is 13.5. The predicted molar refractivity (Wildman–Crippen MR) is 80.2 cm³/mol. The van der Waals surface area contributed by atoms with E-state index in [1.54, 1.807) is 31.5 Å². The number of nitrogens with two attached hydrogens (primary N) is 1. The predicted octanol–water partition coefficient (Wildman–Crippen LogP) is 2.05. The van der Waals surface area contributed by atoms with Gasteiger partial charge in [-0.1, -0.05) is 12.1 Å². The largest absolute Gasteiger partial charge is 0.493 e. The Kier molecular flexibility index (Phi) is 5.14. The summed E-state index contributed by atoms with van der Waals surface area (Å²) in [6.45, 7) is 1.82. The molecule has 0 aliphatic heterocycles. The third-order valence-corrected chi connectivity index (χ3v) is 3.12. The molecule has 0 fully saturated rings. The van der Waals surface area contributed by atoms with Gasteiger partial charge in [-0.05, 0) is 36.8 Å². The van der Waals surface area contributed by atoms with Gasteiger partial charge in [0.25, 0.3) is 0 Å². The van der Waals surface area contributed by atoms with Crippen molar-refractivity contribution in [1.82, 2.24) is 4.98 Å². The molecule has 2 rings (SSSR count). The van der Waals surface area contributed by atoms with E-state index in [0.29, 0.717) is 11.5 Å².